The van der Waals surface area contributed by atoms with E-state index in [-0.39, 0.29) is 0 Å². The number of hydrogen-bond acceptors (Lipinski definition) is 4. The number of nitrogens with one attached hydrogen (secondary N) is 1. The van der Waals surface area contributed by atoms with Gasteiger partial charge in [0.1, 0.15) is 12.0 Å². The van der Waals surface area contributed by atoms with Crippen LogP contribution in [0.25, 0.3) is 16.9 Å². The summed E-state index contributed by atoms with van der Waals surface area (Å²) in [6, 6.07) is 16.3. The molecule has 0 aliphatic carbocycles. The Morgan fingerprint density at radius 1 is 1.07 bits per heavy atom. The minimum absolute atomic E-state index is 0.439. The largest absolute Gasteiger partial charge is 0.250 e. The molecule has 2 aromatic carbocycles. The Labute approximate surface area is 161 Å². The van der Waals surface area contributed by atoms with Crippen LogP contribution in [0.1, 0.15) is 16.7 Å². The molecule has 6 nitrogen and oxygen atoms in total. The first-order valence-corrected chi connectivity index (χ1v) is 8.92. The minimum atomic E-state index is 0.439. The Bertz CT molecular complexity index is 1170. The van der Waals surface area contributed by atoms with Crippen molar-refractivity contribution in [1.82, 2.24) is 24.7 Å². The molecule has 0 bridgehead atoms. The summed E-state index contributed by atoms with van der Waals surface area (Å²) in [5, 5.41) is 15.8. The van der Waals surface area contributed by atoms with Crippen LogP contribution in [0.15, 0.2) is 66.2 Å². The minimum Gasteiger partial charge on any atom is -0.250 e. The van der Waals surface area contributed by atoms with Gasteiger partial charge < -0.3 is 0 Å². The van der Waals surface area contributed by atoms with E-state index in [0.717, 1.165) is 22.5 Å². The molecule has 0 saturated heterocycles. The molecule has 0 atom stereocenters. The van der Waals surface area contributed by atoms with Crippen molar-refractivity contribution in [3.63, 3.8) is 0 Å². The zero-order valence-corrected chi connectivity index (χ0v) is 15.8. The van der Waals surface area contributed by atoms with Crippen LogP contribution in [0.3, 0.4) is 0 Å². The SMILES string of the molecule is Cc1ccc(-c2nn(-c3ccccc3)cc2/C=N\n2cn[nH]c2=S)cc1C. The molecule has 0 aliphatic rings. The number of aryl methyl sites for hydroxylation is 2. The number of hydrogen-bond donors (Lipinski definition) is 1. The summed E-state index contributed by atoms with van der Waals surface area (Å²) in [6.07, 6.45) is 5.26. The van der Waals surface area contributed by atoms with Crippen LogP contribution in [-0.4, -0.2) is 30.9 Å². The summed E-state index contributed by atoms with van der Waals surface area (Å²) in [5.41, 5.74) is 6.26. The highest BCUT2D eigenvalue weighted by Crippen LogP contribution is 2.25. The molecule has 0 spiro atoms. The molecule has 0 unspecified atom stereocenters. The van der Waals surface area contributed by atoms with Crippen LogP contribution < -0.4 is 0 Å². The lowest BCUT2D eigenvalue weighted by Crippen LogP contribution is -1.94. The molecule has 0 radical (unpaired) electrons. The molecule has 2 heterocycles. The van der Waals surface area contributed by atoms with Gasteiger partial charge in [-0.1, -0.05) is 30.3 Å². The Hall–Kier alpha value is -3.32. The predicted molar refractivity (Wildman–Crippen MR) is 109 cm³/mol. The zero-order valence-electron chi connectivity index (χ0n) is 15.0. The number of H-pyrrole nitrogens is 1. The van der Waals surface area contributed by atoms with Crippen molar-refractivity contribution >= 4 is 18.4 Å². The van der Waals surface area contributed by atoms with Gasteiger partial charge in [-0.15, -0.1) is 0 Å². The highest BCUT2D eigenvalue weighted by atomic mass is 32.1. The van der Waals surface area contributed by atoms with Crippen molar-refractivity contribution in [3.8, 4) is 16.9 Å². The second kappa shape index (κ2) is 7.13. The molecule has 0 saturated carbocycles. The topological polar surface area (TPSA) is 63.8 Å². The molecular formula is C20H18N6S. The van der Waals surface area contributed by atoms with E-state index in [1.54, 1.807) is 6.21 Å². The van der Waals surface area contributed by atoms with E-state index in [2.05, 4.69) is 47.3 Å². The standard InChI is InChI=1S/C20H18N6S/c1-14-8-9-16(10-15(14)2)19-17(11-22-26-13-21-23-20(26)27)12-25(24-19)18-6-4-3-5-7-18/h3-13H,1-2H3,(H,23,27)/b22-11-. The van der Waals surface area contributed by atoms with Crippen molar-refractivity contribution in [1.29, 1.82) is 0 Å². The monoisotopic (exact) mass is 374 g/mol. The van der Waals surface area contributed by atoms with Gasteiger partial charge in [-0.05, 0) is 55.4 Å². The molecule has 1 N–H and O–H groups in total. The first kappa shape index (κ1) is 17.1. The number of aromatic amines is 1. The lowest BCUT2D eigenvalue weighted by molar-refractivity contribution is 0.862. The second-order valence-electron chi connectivity index (χ2n) is 6.26. The third kappa shape index (κ3) is 3.50. The molecule has 27 heavy (non-hydrogen) atoms. The van der Waals surface area contributed by atoms with Crippen LogP contribution in [0.2, 0.25) is 0 Å². The maximum absolute atomic E-state index is 5.15. The normalized spacial score (nSPS) is 11.3. The van der Waals surface area contributed by atoms with Crippen molar-refractivity contribution in [2.24, 2.45) is 5.10 Å². The Morgan fingerprint density at radius 2 is 1.89 bits per heavy atom. The lowest BCUT2D eigenvalue weighted by Gasteiger charge is -2.04. The van der Waals surface area contributed by atoms with E-state index in [0.29, 0.717) is 4.77 Å². The molecule has 4 aromatic rings. The molecule has 2 aromatic heterocycles. The summed E-state index contributed by atoms with van der Waals surface area (Å²) in [6.45, 7) is 4.20. The Morgan fingerprint density at radius 3 is 2.59 bits per heavy atom. The van der Waals surface area contributed by atoms with E-state index in [9.17, 15) is 0 Å². The Balaban J connectivity index is 1.83. The quantitative estimate of drug-likeness (QED) is 0.428. The fourth-order valence-electron chi connectivity index (χ4n) is 2.76. The van der Waals surface area contributed by atoms with Gasteiger partial charge in [-0.3, -0.25) is 5.10 Å². The van der Waals surface area contributed by atoms with Crippen LogP contribution in [0.4, 0.5) is 0 Å². The fraction of sp³-hybridized carbons (Fsp3) is 0.100. The summed E-state index contributed by atoms with van der Waals surface area (Å²) in [4.78, 5) is 0. The molecule has 7 heteroatoms. The maximum Gasteiger partial charge on any atom is 0.216 e. The first-order valence-electron chi connectivity index (χ1n) is 8.51. The number of aromatic nitrogens is 5. The second-order valence-corrected chi connectivity index (χ2v) is 6.65. The van der Waals surface area contributed by atoms with Gasteiger partial charge in [0, 0.05) is 17.3 Å². The van der Waals surface area contributed by atoms with E-state index in [1.807, 2.05) is 41.2 Å². The highest BCUT2D eigenvalue weighted by molar-refractivity contribution is 7.71. The van der Waals surface area contributed by atoms with Crippen molar-refractivity contribution < 1.29 is 0 Å². The maximum atomic E-state index is 5.15. The zero-order chi connectivity index (χ0) is 18.8. The highest BCUT2D eigenvalue weighted by Gasteiger charge is 2.12. The summed E-state index contributed by atoms with van der Waals surface area (Å²) >= 11 is 5.15. The predicted octanol–water partition coefficient (Wildman–Crippen LogP) is 4.29. The smallest absolute Gasteiger partial charge is 0.216 e. The number of para-hydroxylation sites is 1. The molecule has 4 rings (SSSR count). The average Bonchev–Trinajstić information content (AvgIpc) is 3.29. The van der Waals surface area contributed by atoms with Crippen LogP contribution >= 0.6 is 12.2 Å². The Kier molecular flexibility index (Phi) is 4.52. The molecule has 0 amide bonds. The van der Waals surface area contributed by atoms with Crippen LogP contribution in [0, 0.1) is 18.6 Å². The van der Waals surface area contributed by atoms with Crippen LogP contribution in [0.5, 0.6) is 0 Å². The van der Waals surface area contributed by atoms with E-state index >= 15 is 0 Å². The number of nitrogens with zero attached hydrogens (tertiary/aromatic N) is 5. The molecule has 0 aliphatic heterocycles. The van der Waals surface area contributed by atoms with Crippen molar-refractivity contribution in [2.75, 3.05) is 0 Å². The van der Waals surface area contributed by atoms with Gasteiger partial charge in [0.05, 0.1) is 11.9 Å². The van der Waals surface area contributed by atoms with Crippen molar-refractivity contribution in [3.05, 3.63) is 82.5 Å². The average molecular weight is 374 g/mol. The third-order valence-electron chi connectivity index (χ3n) is 4.40. The molecule has 0 fully saturated rings. The third-order valence-corrected chi connectivity index (χ3v) is 4.68. The van der Waals surface area contributed by atoms with Gasteiger partial charge in [0.25, 0.3) is 0 Å². The van der Waals surface area contributed by atoms with Gasteiger partial charge in [-0.2, -0.15) is 20.0 Å². The summed E-state index contributed by atoms with van der Waals surface area (Å²) in [7, 11) is 0. The number of benzene rings is 2. The number of rotatable bonds is 4. The molecular weight excluding hydrogens is 356 g/mol. The summed E-state index contributed by atoms with van der Waals surface area (Å²) in [5.74, 6) is 0. The van der Waals surface area contributed by atoms with E-state index in [4.69, 9.17) is 17.3 Å². The van der Waals surface area contributed by atoms with Crippen molar-refractivity contribution in [2.45, 2.75) is 13.8 Å². The lowest BCUT2D eigenvalue weighted by atomic mass is 10.0. The van der Waals surface area contributed by atoms with Gasteiger partial charge >= 0.3 is 0 Å². The van der Waals surface area contributed by atoms with Gasteiger partial charge in [0.2, 0.25) is 4.77 Å². The van der Waals surface area contributed by atoms with Crippen LogP contribution in [-0.2, 0) is 0 Å². The van der Waals surface area contributed by atoms with E-state index in [1.165, 1.54) is 22.1 Å². The molecule has 134 valence electrons. The summed E-state index contributed by atoms with van der Waals surface area (Å²) < 4.78 is 3.81. The fourth-order valence-corrected chi connectivity index (χ4v) is 2.90. The van der Waals surface area contributed by atoms with Gasteiger partial charge in [0.15, 0.2) is 0 Å². The van der Waals surface area contributed by atoms with Gasteiger partial charge in [-0.25, -0.2) is 4.68 Å². The first-order chi connectivity index (χ1) is 13.1. The van der Waals surface area contributed by atoms with E-state index < -0.39 is 0 Å².